The first-order valence-corrected chi connectivity index (χ1v) is 11.3. The third-order valence-electron chi connectivity index (χ3n) is 7.05. The summed E-state index contributed by atoms with van der Waals surface area (Å²) >= 11 is 11.5. The van der Waals surface area contributed by atoms with Gasteiger partial charge in [0.25, 0.3) is 5.91 Å². The Morgan fingerprint density at radius 2 is 1.81 bits per heavy atom. The molecule has 2 unspecified atom stereocenters. The summed E-state index contributed by atoms with van der Waals surface area (Å²) < 4.78 is 32.8. The van der Waals surface area contributed by atoms with E-state index in [9.17, 15) is 13.6 Å². The first-order valence-electron chi connectivity index (χ1n) is 10.5. The van der Waals surface area contributed by atoms with Crippen molar-refractivity contribution >= 4 is 29.1 Å². The van der Waals surface area contributed by atoms with E-state index in [1.54, 1.807) is 6.07 Å². The van der Waals surface area contributed by atoms with Crippen LogP contribution in [0, 0.1) is 17.0 Å². The largest absolute Gasteiger partial charge is 0.484 e. The number of halogens is 4. The molecule has 2 aromatic carbocycles. The zero-order chi connectivity index (χ0) is 22.7. The molecular formula is C23H23Cl2F2N3O2. The van der Waals surface area contributed by atoms with Gasteiger partial charge >= 0.3 is 0 Å². The number of hydrogen-bond acceptors (Lipinski definition) is 4. The van der Waals surface area contributed by atoms with E-state index < -0.39 is 11.6 Å². The number of nitrogens with one attached hydrogen (secondary N) is 2. The van der Waals surface area contributed by atoms with Crippen LogP contribution >= 0.6 is 23.2 Å². The van der Waals surface area contributed by atoms with Gasteiger partial charge in [-0.2, -0.15) is 0 Å². The molecule has 5 nitrogen and oxygen atoms in total. The molecule has 9 heteroatoms. The lowest BCUT2D eigenvalue weighted by Crippen LogP contribution is -2.80. The first-order chi connectivity index (χ1) is 15.2. The predicted molar refractivity (Wildman–Crippen MR) is 118 cm³/mol. The molecule has 1 aliphatic heterocycles. The minimum Gasteiger partial charge on any atom is -0.484 e. The topological polar surface area (TPSA) is 53.6 Å². The maximum atomic E-state index is 13.9. The molecule has 2 aromatic rings. The molecule has 1 saturated heterocycles. The molecule has 0 spiro atoms. The van der Waals surface area contributed by atoms with E-state index >= 15 is 0 Å². The van der Waals surface area contributed by atoms with Crippen molar-refractivity contribution in [3.8, 4) is 5.75 Å². The van der Waals surface area contributed by atoms with Gasteiger partial charge in [-0.15, -0.1) is 0 Å². The second-order valence-corrected chi connectivity index (χ2v) is 10.1. The van der Waals surface area contributed by atoms with Crippen molar-refractivity contribution in [2.45, 2.75) is 37.0 Å². The minimum absolute atomic E-state index is 0.00916. The Kier molecular flexibility index (Phi) is 5.36. The lowest BCUT2D eigenvalue weighted by molar-refractivity contribution is -0.198. The summed E-state index contributed by atoms with van der Waals surface area (Å²) in [5.41, 5.74) is 0.801. The van der Waals surface area contributed by atoms with Crippen LogP contribution in [0.25, 0.3) is 0 Å². The van der Waals surface area contributed by atoms with Gasteiger partial charge in [0.05, 0.1) is 16.2 Å². The normalized spacial score (nSPS) is 31.0. The number of nitrogens with zero attached hydrogens (tertiary/aromatic N) is 1. The zero-order valence-corrected chi connectivity index (χ0v) is 18.9. The van der Waals surface area contributed by atoms with Gasteiger partial charge in [-0.05, 0) is 56.1 Å². The molecule has 170 valence electrons. The maximum absolute atomic E-state index is 13.9. The lowest BCUT2D eigenvalue weighted by atomic mass is 9.38. The molecule has 32 heavy (non-hydrogen) atoms. The molecule has 6 rings (SSSR count). The fourth-order valence-corrected chi connectivity index (χ4v) is 5.98. The van der Waals surface area contributed by atoms with E-state index in [0.717, 1.165) is 37.4 Å². The van der Waals surface area contributed by atoms with Crippen LogP contribution in [0.3, 0.4) is 0 Å². The van der Waals surface area contributed by atoms with Crippen LogP contribution in [0.4, 0.5) is 8.78 Å². The van der Waals surface area contributed by atoms with Crippen molar-refractivity contribution in [1.82, 2.24) is 15.5 Å². The molecule has 2 atom stereocenters. The molecule has 4 aliphatic rings. The van der Waals surface area contributed by atoms with Crippen LogP contribution in [0.2, 0.25) is 10.0 Å². The Hall–Kier alpha value is -1.93. The van der Waals surface area contributed by atoms with Crippen molar-refractivity contribution in [3.63, 3.8) is 0 Å². The van der Waals surface area contributed by atoms with Crippen LogP contribution < -0.4 is 15.4 Å². The molecule has 4 fully saturated rings. The number of carbonyl (C=O) groups excluding carboxylic acids is 1. The molecule has 3 saturated carbocycles. The highest BCUT2D eigenvalue weighted by Gasteiger charge is 2.72. The summed E-state index contributed by atoms with van der Waals surface area (Å²) in [6, 6.07) is 9.12. The molecule has 1 amide bonds. The number of benzene rings is 2. The molecule has 0 radical (unpaired) electrons. The monoisotopic (exact) mass is 481 g/mol. The standard InChI is InChI=1S/C23H23Cl2F2N3O2/c1-30-19(13-2-4-15(24)17(26)6-13)8-28-21(30)22-10-23(11-22,12-22)29-20(31)9-32-14-3-5-16(25)18(27)7-14/h2-7,19,21,28H,8-12H2,1H3,(H,29,31). The molecule has 3 aliphatic carbocycles. The number of amides is 1. The average Bonchev–Trinajstić information content (AvgIpc) is 3.08. The van der Waals surface area contributed by atoms with Gasteiger partial charge in [-0.1, -0.05) is 29.3 Å². The Morgan fingerprint density at radius 3 is 2.47 bits per heavy atom. The SMILES string of the molecule is CN1C(c2ccc(Cl)c(F)c2)CNC1C12CC(NC(=O)COc3ccc(Cl)c(F)c3)(C1)C2. The smallest absolute Gasteiger partial charge is 0.258 e. The van der Waals surface area contributed by atoms with E-state index in [4.69, 9.17) is 27.9 Å². The van der Waals surface area contributed by atoms with E-state index in [-0.39, 0.29) is 51.5 Å². The summed E-state index contributed by atoms with van der Waals surface area (Å²) in [7, 11) is 2.05. The fourth-order valence-electron chi connectivity index (χ4n) is 5.75. The zero-order valence-electron chi connectivity index (χ0n) is 17.4. The fraction of sp³-hybridized carbons (Fsp3) is 0.435. The molecular weight excluding hydrogens is 459 g/mol. The number of likely N-dealkylation sites (N-methyl/N-ethyl adjacent to an activating group) is 1. The van der Waals surface area contributed by atoms with Gasteiger partial charge in [0.15, 0.2) is 6.61 Å². The van der Waals surface area contributed by atoms with Crippen LogP contribution in [0.5, 0.6) is 5.75 Å². The van der Waals surface area contributed by atoms with Crippen LogP contribution in [-0.4, -0.2) is 42.7 Å². The number of ether oxygens (including phenoxy) is 1. The van der Waals surface area contributed by atoms with Crippen LogP contribution in [0.15, 0.2) is 36.4 Å². The van der Waals surface area contributed by atoms with Crippen LogP contribution in [-0.2, 0) is 4.79 Å². The van der Waals surface area contributed by atoms with Gasteiger partial charge in [0.2, 0.25) is 0 Å². The van der Waals surface area contributed by atoms with Crippen molar-refractivity contribution in [2.75, 3.05) is 20.2 Å². The van der Waals surface area contributed by atoms with Crippen molar-refractivity contribution in [2.24, 2.45) is 5.41 Å². The summed E-state index contributed by atoms with van der Waals surface area (Å²) in [6.07, 6.45) is 2.81. The quantitative estimate of drug-likeness (QED) is 0.645. The van der Waals surface area contributed by atoms with Crippen molar-refractivity contribution < 1.29 is 18.3 Å². The molecule has 2 N–H and O–H groups in total. The van der Waals surface area contributed by atoms with E-state index in [1.807, 2.05) is 13.1 Å². The highest BCUT2D eigenvalue weighted by Crippen LogP contribution is 2.69. The number of carbonyl (C=O) groups is 1. The third-order valence-corrected chi connectivity index (χ3v) is 7.66. The Bertz CT molecular complexity index is 1060. The van der Waals surface area contributed by atoms with E-state index in [2.05, 4.69) is 15.5 Å². The van der Waals surface area contributed by atoms with Gasteiger partial charge in [0.1, 0.15) is 17.4 Å². The second kappa shape index (κ2) is 7.83. The predicted octanol–water partition coefficient (Wildman–Crippen LogP) is 4.29. The van der Waals surface area contributed by atoms with E-state index in [0.29, 0.717) is 0 Å². The number of hydrogen-bond donors (Lipinski definition) is 2. The van der Waals surface area contributed by atoms with Crippen LogP contribution in [0.1, 0.15) is 30.9 Å². The number of rotatable bonds is 6. The summed E-state index contributed by atoms with van der Waals surface area (Å²) in [5, 5.41) is 6.80. The maximum Gasteiger partial charge on any atom is 0.258 e. The van der Waals surface area contributed by atoms with Gasteiger partial charge < -0.3 is 10.1 Å². The van der Waals surface area contributed by atoms with Gasteiger partial charge in [-0.3, -0.25) is 15.0 Å². The third kappa shape index (κ3) is 3.65. The Balaban J connectivity index is 1.14. The van der Waals surface area contributed by atoms with Crippen molar-refractivity contribution in [1.29, 1.82) is 0 Å². The Labute approximate surface area is 195 Å². The minimum atomic E-state index is -0.584. The summed E-state index contributed by atoms with van der Waals surface area (Å²) in [5.74, 6) is -0.955. The van der Waals surface area contributed by atoms with Gasteiger partial charge in [-0.25, -0.2) is 8.78 Å². The van der Waals surface area contributed by atoms with Gasteiger partial charge in [0, 0.05) is 29.6 Å². The summed E-state index contributed by atoms with van der Waals surface area (Å²) in [6.45, 7) is 0.552. The van der Waals surface area contributed by atoms with Crippen molar-refractivity contribution in [3.05, 3.63) is 63.6 Å². The lowest BCUT2D eigenvalue weighted by Gasteiger charge is -2.73. The average molecular weight is 482 g/mol. The van der Waals surface area contributed by atoms with E-state index in [1.165, 1.54) is 18.2 Å². The molecule has 2 bridgehead atoms. The molecule has 1 heterocycles. The second-order valence-electron chi connectivity index (χ2n) is 9.25. The summed E-state index contributed by atoms with van der Waals surface area (Å²) in [4.78, 5) is 14.6. The molecule has 0 aromatic heterocycles. The Morgan fingerprint density at radius 1 is 1.16 bits per heavy atom. The highest BCUT2D eigenvalue weighted by molar-refractivity contribution is 6.31. The first kappa shape index (κ1) is 21.9. The highest BCUT2D eigenvalue weighted by atomic mass is 35.5.